The Morgan fingerprint density at radius 2 is 1.30 bits per heavy atom. The number of halogens is 8. The number of rotatable bonds is 5. The summed E-state index contributed by atoms with van der Waals surface area (Å²) >= 11 is 10.7. The fourth-order valence-electron chi connectivity index (χ4n) is 2.61. The molecule has 0 aliphatic heterocycles. The normalized spacial score (nSPS) is 11.4. The number of hydrogen-bond donors (Lipinski definition) is 2. The van der Waals surface area contributed by atoms with Crippen molar-refractivity contribution in [2.24, 2.45) is 0 Å². The molecule has 0 bridgehead atoms. The van der Waals surface area contributed by atoms with E-state index in [0.29, 0.717) is 12.1 Å². The summed E-state index contributed by atoms with van der Waals surface area (Å²) in [6.45, 7) is 0.110. The van der Waals surface area contributed by atoms with Crippen molar-refractivity contribution in [2.45, 2.75) is 18.9 Å². The molecular weight excluding hydrogens is 561 g/mol. The molecule has 0 saturated heterocycles. The summed E-state index contributed by atoms with van der Waals surface area (Å²) in [7, 11) is 0. The predicted octanol–water partition coefficient (Wildman–Crippen LogP) is 6.52. The van der Waals surface area contributed by atoms with Gasteiger partial charge in [0.25, 0.3) is 0 Å². The molecule has 1 aromatic carbocycles. The monoisotopic (exact) mass is 572 g/mol. The predicted molar refractivity (Wildman–Crippen MR) is 120 cm³/mol. The van der Waals surface area contributed by atoms with E-state index in [1.165, 1.54) is 0 Å². The minimum absolute atomic E-state index is 0.110. The number of nitrogens with zero attached hydrogens (tertiary/aromatic N) is 4. The highest BCUT2D eigenvalue weighted by Crippen LogP contribution is 2.38. The molecule has 0 atom stereocenters. The first-order chi connectivity index (χ1) is 17.0. The van der Waals surface area contributed by atoms with E-state index in [2.05, 4.69) is 15.3 Å². The van der Waals surface area contributed by atoms with Crippen LogP contribution in [0.4, 0.5) is 49.1 Å². The summed E-state index contributed by atoms with van der Waals surface area (Å²) in [6.07, 6.45) is -9.49. The number of nitrogens with one attached hydrogen (secondary N) is 1. The zero-order chi connectivity index (χ0) is 28.1. The molecule has 3 rings (SSSR count). The van der Waals surface area contributed by atoms with Crippen LogP contribution in [0.25, 0.3) is 0 Å². The van der Waals surface area contributed by atoms with Gasteiger partial charge >= 0.3 is 23.7 Å². The van der Waals surface area contributed by atoms with Crippen molar-refractivity contribution in [3.8, 4) is 0 Å². The fraction of sp³-hybridized carbons (Fsp3) is 0.158. The van der Waals surface area contributed by atoms with E-state index in [1.54, 1.807) is 30.3 Å². The molecule has 18 heteroatoms. The molecule has 0 amide bonds. The number of nitrogen functional groups attached to an aromatic ring is 1. The first kappa shape index (κ1) is 29.3. The van der Waals surface area contributed by atoms with Crippen LogP contribution in [0.3, 0.4) is 0 Å². The van der Waals surface area contributed by atoms with Crippen molar-refractivity contribution in [1.29, 1.82) is 0 Å². The maximum Gasteiger partial charge on any atom is 0.433 e. The molecule has 3 N–H and O–H groups in total. The molecule has 198 valence electrons. The van der Waals surface area contributed by atoms with E-state index in [-0.39, 0.29) is 12.2 Å². The molecule has 0 fully saturated rings. The Hall–Kier alpha value is -3.92. The van der Waals surface area contributed by atoms with E-state index in [0.717, 1.165) is 5.56 Å². The molecule has 0 aliphatic carbocycles. The molecule has 0 saturated carbocycles. The van der Waals surface area contributed by atoms with E-state index in [1.807, 2.05) is 0 Å². The van der Waals surface area contributed by atoms with Crippen LogP contribution in [0.2, 0.25) is 10.3 Å². The number of nitro groups is 2. The molecule has 2 aromatic heterocycles. The van der Waals surface area contributed by atoms with E-state index in [9.17, 15) is 46.6 Å². The second kappa shape index (κ2) is 11.4. The third-order valence-electron chi connectivity index (χ3n) is 4.20. The van der Waals surface area contributed by atoms with Gasteiger partial charge in [-0.3, -0.25) is 20.2 Å². The molecule has 2 heterocycles. The number of nitrogens with two attached hydrogens (primary N) is 1. The Morgan fingerprint density at radius 3 is 1.73 bits per heavy atom. The lowest BCUT2D eigenvalue weighted by molar-refractivity contribution is -0.384. The van der Waals surface area contributed by atoms with Crippen LogP contribution in [0, 0.1) is 20.2 Å². The van der Waals surface area contributed by atoms with Crippen LogP contribution < -0.4 is 11.1 Å². The van der Waals surface area contributed by atoms with Gasteiger partial charge in [-0.15, -0.1) is 0 Å². The van der Waals surface area contributed by atoms with Gasteiger partial charge in [0.05, 0.1) is 9.85 Å². The average Bonchev–Trinajstić information content (AvgIpc) is 2.76. The minimum Gasteiger partial charge on any atom is -0.393 e. The Kier molecular flexibility index (Phi) is 9.05. The lowest BCUT2D eigenvalue weighted by Crippen LogP contribution is -2.11. The molecule has 37 heavy (non-hydrogen) atoms. The Balaban J connectivity index is 0.000000281. The second-order valence-electron chi connectivity index (χ2n) is 6.78. The maximum atomic E-state index is 12.7. The molecule has 3 aromatic rings. The van der Waals surface area contributed by atoms with Crippen molar-refractivity contribution in [3.05, 3.63) is 90.0 Å². The number of pyridine rings is 2. The first-order valence-corrected chi connectivity index (χ1v) is 10.2. The number of anilines is 2. The van der Waals surface area contributed by atoms with Crippen molar-refractivity contribution >= 4 is 46.0 Å². The molecule has 0 unspecified atom stereocenters. The molecular formula is C19H12Cl2F6N6O4. The highest BCUT2D eigenvalue weighted by atomic mass is 35.5. The Labute approximate surface area is 212 Å². The summed E-state index contributed by atoms with van der Waals surface area (Å²) in [4.78, 5) is 25.3. The highest BCUT2D eigenvalue weighted by Gasteiger charge is 2.37. The molecule has 10 nitrogen and oxygen atoms in total. The second-order valence-corrected chi connectivity index (χ2v) is 7.50. The van der Waals surface area contributed by atoms with Gasteiger partial charge in [-0.05, 0) is 17.7 Å². The standard InChI is InChI=1S/C13H9ClF3N3O2.C6H3ClF3N3O2/c14-12-11(20(21)22)9(6-10(19-12)13(15,16)17)18-7-8-4-2-1-3-5-8;7-5-4(13(14)15)2(11)1-3(12-5)6(8,9)10/h1-6H,7H2,(H,18,19);1H,(H2,11,12). The zero-order valence-electron chi connectivity index (χ0n) is 17.8. The van der Waals surface area contributed by atoms with Crippen LogP contribution in [-0.2, 0) is 18.9 Å². The molecule has 0 radical (unpaired) electrons. The summed E-state index contributed by atoms with van der Waals surface area (Å²) < 4.78 is 74.6. The summed E-state index contributed by atoms with van der Waals surface area (Å²) in [5.41, 5.74) is 0.620. The maximum absolute atomic E-state index is 12.7. The average molecular weight is 573 g/mol. The van der Waals surface area contributed by atoms with Gasteiger partial charge in [0.15, 0.2) is 0 Å². The van der Waals surface area contributed by atoms with Crippen molar-refractivity contribution < 1.29 is 36.2 Å². The number of hydrogen-bond acceptors (Lipinski definition) is 8. The number of benzene rings is 1. The van der Waals surface area contributed by atoms with Crippen LogP contribution in [0.1, 0.15) is 17.0 Å². The van der Waals surface area contributed by atoms with Gasteiger partial charge in [-0.1, -0.05) is 53.5 Å². The number of alkyl halides is 6. The third-order valence-corrected chi connectivity index (χ3v) is 4.73. The molecule has 0 spiro atoms. The van der Waals surface area contributed by atoms with Crippen LogP contribution in [0.5, 0.6) is 0 Å². The topological polar surface area (TPSA) is 150 Å². The Morgan fingerprint density at radius 1 is 0.838 bits per heavy atom. The zero-order valence-corrected chi connectivity index (χ0v) is 19.3. The summed E-state index contributed by atoms with van der Waals surface area (Å²) in [5, 5.41) is 22.2. The van der Waals surface area contributed by atoms with Gasteiger partial charge < -0.3 is 11.1 Å². The van der Waals surface area contributed by atoms with Crippen molar-refractivity contribution in [3.63, 3.8) is 0 Å². The highest BCUT2D eigenvalue weighted by molar-refractivity contribution is 6.32. The third kappa shape index (κ3) is 7.78. The van der Waals surface area contributed by atoms with E-state index < -0.39 is 61.0 Å². The van der Waals surface area contributed by atoms with Gasteiger partial charge in [0, 0.05) is 6.54 Å². The van der Waals surface area contributed by atoms with Gasteiger partial charge in [-0.25, -0.2) is 9.97 Å². The SMILES string of the molecule is Nc1cc(C(F)(F)F)nc(Cl)c1[N+](=O)[O-].O=[N+]([O-])c1c(NCc2ccccc2)cc(C(F)(F)F)nc1Cl. The van der Waals surface area contributed by atoms with Crippen LogP contribution >= 0.6 is 23.2 Å². The summed E-state index contributed by atoms with van der Waals surface area (Å²) in [6, 6.07) is 9.66. The quantitative estimate of drug-likeness (QED) is 0.152. The molecule has 0 aliphatic rings. The minimum atomic E-state index is -4.75. The van der Waals surface area contributed by atoms with Crippen LogP contribution in [-0.4, -0.2) is 19.8 Å². The van der Waals surface area contributed by atoms with Gasteiger partial charge in [-0.2, -0.15) is 26.3 Å². The first-order valence-electron chi connectivity index (χ1n) is 9.39. The van der Waals surface area contributed by atoms with Gasteiger partial charge in [0.2, 0.25) is 10.3 Å². The summed E-state index contributed by atoms with van der Waals surface area (Å²) in [5.74, 6) is 0. The largest absolute Gasteiger partial charge is 0.433 e. The lowest BCUT2D eigenvalue weighted by atomic mass is 10.2. The van der Waals surface area contributed by atoms with Crippen LogP contribution in [0.15, 0.2) is 42.5 Å². The number of aromatic nitrogens is 2. The van der Waals surface area contributed by atoms with Crippen molar-refractivity contribution in [1.82, 2.24) is 9.97 Å². The fourth-order valence-corrected chi connectivity index (χ4v) is 3.14. The van der Waals surface area contributed by atoms with Crippen molar-refractivity contribution in [2.75, 3.05) is 11.1 Å². The lowest BCUT2D eigenvalue weighted by Gasteiger charge is -2.11. The van der Waals surface area contributed by atoms with E-state index in [4.69, 9.17) is 28.9 Å². The van der Waals surface area contributed by atoms with Gasteiger partial charge in [0.1, 0.15) is 22.8 Å². The Bertz CT molecular complexity index is 1290. The van der Waals surface area contributed by atoms with E-state index >= 15 is 0 Å². The smallest absolute Gasteiger partial charge is 0.393 e.